The molecule has 2 atom stereocenters. The number of benzene rings is 2. The lowest BCUT2D eigenvalue weighted by molar-refractivity contribution is -0.842. The Bertz CT molecular complexity index is 1370. The van der Waals surface area contributed by atoms with Crippen LogP contribution in [0, 0.1) is 5.92 Å². The number of ether oxygens (including phenoxy) is 5. The third-order valence-electron chi connectivity index (χ3n) is 7.59. The van der Waals surface area contributed by atoms with E-state index in [1.165, 1.54) is 56.3 Å². The molecule has 0 radical (unpaired) electrons. The normalized spacial score (nSPS) is 17.0. The third-order valence-corrected chi connectivity index (χ3v) is 9.85. The molecule has 266 valence electrons. The summed E-state index contributed by atoms with van der Waals surface area (Å²) in [5, 5.41) is 1.64. The zero-order valence-corrected chi connectivity index (χ0v) is 29.9. The number of hydroxylamine groups is 1. The molecular formula is C33H44Cl2F2N2O8P+. The van der Waals surface area contributed by atoms with E-state index < -0.39 is 21.0 Å². The summed E-state index contributed by atoms with van der Waals surface area (Å²) in [6.07, 6.45) is 6.58. The van der Waals surface area contributed by atoms with Crippen LogP contribution in [0.3, 0.4) is 0 Å². The van der Waals surface area contributed by atoms with Crippen molar-refractivity contribution < 1.29 is 52.5 Å². The van der Waals surface area contributed by atoms with E-state index in [2.05, 4.69) is 9.41 Å². The molecule has 2 aromatic rings. The Morgan fingerprint density at radius 1 is 1.02 bits per heavy atom. The van der Waals surface area contributed by atoms with Gasteiger partial charge in [0, 0.05) is 29.8 Å². The van der Waals surface area contributed by atoms with Gasteiger partial charge in [0.2, 0.25) is 0 Å². The lowest BCUT2D eigenvalue weighted by atomic mass is 10.00. The van der Waals surface area contributed by atoms with Crippen molar-refractivity contribution in [1.82, 2.24) is 4.67 Å². The van der Waals surface area contributed by atoms with Gasteiger partial charge in [-0.05, 0) is 80.0 Å². The van der Waals surface area contributed by atoms with Crippen LogP contribution >= 0.6 is 31.5 Å². The van der Waals surface area contributed by atoms with Crippen molar-refractivity contribution in [2.24, 2.45) is 5.92 Å². The Morgan fingerprint density at radius 2 is 1.71 bits per heavy atom. The van der Waals surface area contributed by atoms with Gasteiger partial charge >= 0.3 is 6.61 Å². The lowest BCUT2D eigenvalue weighted by Crippen LogP contribution is -2.76. The maximum absolute atomic E-state index is 12.7. The minimum Gasteiger partial charge on any atom is -0.493 e. The molecule has 1 aliphatic carbocycles. The Morgan fingerprint density at radius 3 is 2.29 bits per heavy atom. The topological polar surface area (TPSA) is 113 Å². The first-order valence-electron chi connectivity index (χ1n) is 15.5. The van der Waals surface area contributed by atoms with Gasteiger partial charge in [-0.2, -0.15) is 14.3 Å². The number of carbonyl (C=O) groups excluding carboxylic acids is 1. The second kappa shape index (κ2) is 20.7. The van der Waals surface area contributed by atoms with E-state index in [1.54, 1.807) is 21.1 Å². The second-order valence-corrected chi connectivity index (χ2v) is 13.6. The summed E-state index contributed by atoms with van der Waals surface area (Å²) < 4.78 is 53.6. The number of alkyl halides is 2. The van der Waals surface area contributed by atoms with Crippen molar-refractivity contribution in [3.05, 3.63) is 63.8 Å². The fraction of sp³-hybridized carbons (Fsp3) is 0.485. The molecule has 2 aromatic carbocycles. The molecule has 0 aromatic heterocycles. The summed E-state index contributed by atoms with van der Waals surface area (Å²) in [5.41, 5.74) is 2.44. The van der Waals surface area contributed by atoms with Crippen LogP contribution in [0.4, 0.5) is 8.78 Å². The van der Waals surface area contributed by atoms with Crippen molar-refractivity contribution in [3.63, 3.8) is 0 Å². The number of nitrogens with two attached hydrogens (primary N) is 1. The second-order valence-electron chi connectivity index (χ2n) is 11.0. The Kier molecular flexibility index (Phi) is 17.2. The van der Waals surface area contributed by atoms with Gasteiger partial charge in [-0.15, -0.1) is 0 Å². The SMILES string of the molecule is CO[NH2+]/C=C(Cl)\C(CC(OC=O)c1ccc(OC(F)F)c(OCC2CC2)c1)=C(/C)Cl.COc1ccc(P(O)N2CCCCC2)cc1OC. The van der Waals surface area contributed by atoms with Gasteiger partial charge in [-0.25, -0.2) is 4.84 Å². The largest absolute Gasteiger partial charge is 0.493 e. The zero-order chi connectivity index (χ0) is 35.1. The first kappa shape index (κ1) is 39.7. The molecule has 2 aliphatic rings. The molecule has 3 N–H and O–H groups in total. The highest BCUT2D eigenvalue weighted by Gasteiger charge is 2.25. The molecular weight excluding hydrogens is 692 g/mol. The van der Waals surface area contributed by atoms with E-state index in [0.717, 1.165) is 31.2 Å². The molecule has 2 fully saturated rings. The van der Waals surface area contributed by atoms with Crippen molar-refractivity contribution in [1.29, 1.82) is 0 Å². The van der Waals surface area contributed by atoms with E-state index in [-0.39, 0.29) is 17.9 Å². The van der Waals surface area contributed by atoms with Crippen LogP contribution < -0.4 is 29.7 Å². The minimum absolute atomic E-state index is 0.0869. The highest BCUT2D eigenvalue weighted by molar-refractivity contribution is 7.57. The van der Waals surface area contributed by atoms with E-state index in [9.17, 15) is 18.5 Å². The Labute approximate surface area is 291 Å². The predicted octanol–water partition coefficient (Wildman–Crippen LogP) is 6.52. The number of carbonyl (C=O) groups is 1. The molecule has 0 bridgehead atoms. The predicted molar refractivity (Wildman–Crippen MR) is 181 cm³/mol. The Balaban J connectivity index is 0.000000294. The third kappa shape index (κ3) is 12.6. The van der Waals surface area contributed by atoms with E-state index in [4.69, 9.17) is 47.0 Å². The summed E-state index contributed by atoms with van der Waals surface area (Å²) in [7, 11) is 3.47. The molecule has 2 unspecified atom stereocenters. The molecule has 15 heteroatoms. The van der Waals surface area contributed by atoms with Crippen LogP contribution in [-0.2, 0) is 14.4 Å². The van der Waals surface area contributed by atoms with Crippen molar-refractivity contribution in [2.75, 3.05) is 41.0 Å². The fourth-order valence-corrected chi connectivity index (χ4v) is 6.76. The number of rotatable bonds is 17. The van der Waals surface area contributed by atoms with Gasteiger partial charge in [0.15, 0.2) is 23.0 Å². The van der Waals surface area contributed by atoms with Gasteiger partial charge in [-0.1, -0.05) is 35.7 Å². The molecule has 1 aliphatic heterocycles. The standard InChI is InChI=1S/C20H23Cl2F2NO5.C13H20NO3P/c1-12(21)15(16(22)9-25-27-2)8-18(29-11-26)14-5-6-17(30-20(23)24)19(7-14)28-10-13-3-4-13;1-16-12-7-6-11(10-13(12)17-2)18(15)14-8-4-3-5-9-14/h5-7,9,11,13,18,20,25H,3-4,8,10H2,1-2H3;6-7,10,15H,3-5,8-9H2,1-2H3/p+1/b15-12+,16-9+;. The highest BCUT2D eigenvalue weighted by Crippen LogP contribution is 2.40. The molecule has 0 spiro atoms. The van der Waals surface area contributed by atoms with Crippen LogP contribution in [0.25, 0.3) is 0 Å². The van der Waals surface area contributed by atoms with E-state index >= 15 is 0 Å². The van der Waals surface area contributed by atoms with Crippen molar-refractivity contribution >= 4 is 43.3 Å². The molecule has 4 rings (SSSR count). The highest BCUT2D eigenvalue weighted by atomic mass is 35.5. The number of allylic oxidation sites excluding steroid dienone is 2. The molecule has 48 heavy (non-hydrogen) atoms. The van der Waals surface area contributed by atoms with Crippen LogP contribution in [0.1, 0.15) is 57.1 Å². The average Bonchev–Trinajstić information content (AvgIpc) is 3.93. The first-order chi connectivity index (χ1) is 23.1. The number of quaternary nitrogens is 1. The molecule has 0 amide bonds. The molecule has 10 nitrogen and oxygen atoms in total. The quantitative estimate of drug-likeness (QED) is 0.0812. The molecule has 1 saturated carbocycles. The monoisotopic (exact) mass is 735 g/mol. The average molecular weight is 737 g/mol. The van der Waals surface area contributed by atoms with Gasteiger partial charge in [0.25, 0.3) is 6.47 Å². The smallest absolute Gasteiger partial charge is 0.387 e. The number of nitrogens with zero attached hydrogens (tertiary/aromatic N) is 1. The van der Waals surface area contributed by atoms with Crippen molar-refractivity contribution in [3.8, 4) is 23.0 Å². The van der Waals surface area contributed by atoms with Gasteiger partial charge < -0.3 is 28.6 Å². The number of hydrogen-bond acceptors (Lipinski definition) is 9. The number of hydrogen-bond donors (Lipinski definition) is 2. The van der Waals surface area contributed by atoms with E-state index in [1.807, 2.05) is 18.2 Å². The minimum atomic E-state index is -2.99. The summed E-state index contributed by atoms with van der Waals surface area (Å²) in [6.45, 7) is 1.33. The summed E-state index contributed by atoms with van der Waals surface area (Å²) >= 11 is 12.5. The lowest BCUT2D eigenvalue weighted by Gasteiger charge is -2.30. The number of methoxy groups -OCH3 is 2. The number of piperidine rings is 1. The summed E-state index contributed by atoms with van der Waals surface area (Å²) in [6, 6.07) is 10.0. The van der Waals surface area contributed by atoms with Gasteiger partial charge in [0.1, 0.15) is 25.6 Å². The molecule has 1 heterocycles. The van der Waals surface area contributed by atoms with E-state index in [0.29, 0.717) is 51.7 Å². The Hall–Kier alpha value is -2.70. The van der Waals surface area contributed by atoms with Gasteiger partial charge in [0.05, 0.1) is 27.9 Å². The van der Waals surface area contributed by atoms with Crippen LogP contribution in [0.15, 0.2) is 58.2 Å². The fourth-order valence-electron chi connectivity index (χ4n) is 4.83. The van der Waals surface area contributed by atoms with Gasteiger partial charge in [-0.3, -0.25) is 9.46 Å². The van der Waals surface area contributed by atoms with Crippen LogP contribution in [0.5, 0.6) is 23.0 Å². The summed E-state index contributed by atoms with van der Waals surface area (Å²) in [5.74, 6) is 1.85. The maximum atomic E-state index is 12.7. The summed E-state index contributed by atoms with van der Waals surface area (Å²) in [4.78, 5) is 26.4. The van der Waals surface area contributed by atoms with Crippen LogP contribution in [0.2, 0.25) is 0 Å². The molecule has 1 saturated heterocycles. The number of halogens is 4. The van der Waals surface area contributed by atoms with Crippen LogP contribution in [-0.4, -0.2) is 63.7 Å². The first-order valence-corrected chi connectivity index (χ1v) is 17.5. The maximum Gasteiger partial charge on any atom is 0.387 e. The zero-order valence-electron chi connectivity index (χ0n) is 27.5. The van der Waals surface area contributed by atoms with Crippen molar-refractivity contribution in [2.45, 2.75) is 58.2 Å².